The van der Waals surface area contributed by atoms with Crippen LogP contribution in [0.3, 0.4) is 0 Å². The summed E-state index contributed by atoms with van der Waals surface area (Å²) >= 11 is 1.59. The van der Waals surface area contributed by atoms with Gasteiger partial charge < -0.3 is 5.11 Å². The number of rotatable bonds is 4. The van der Waals surface area contributed by atoms with Crippen LogP contribution in [0.1, 0.15) is 29.3 Å². The summed E-state index contributed by atoms with van der Waals surface area (Å²) in [6.07, 6.45) is 3.65. The maximum absolute atomic E-state index is 10.0. The lowest BCUT2D eigenvalue weighted by Crippen LogP contribution is -2.00. The third kappa shape index (κ3) is 2.48. The van der Waals surface area contributed by atoms with Gasteiger partial charge in [-0.3, -0.25) is 4.68 Å². The van der Waals surface area contributed by atoms with Gasteiger partial charge in [0.05, 0.1) is 17.3 Å². The maximum atomic E-state index is 10.0. The second-order valence-corrected chi connectivity index (χ2v) is 4.67. The number of aromatic nitrogens is 3. The molecule has 1 N–H and O–H groups in total. The number of aliphatic hydroxyl groups excluding tert-OH is 1. The largest absolute Gasteiger partial charge is 0.388 e. The minimum Gasteiger partial charge on any atom is -0.388 e. The van der Waals surface area contributed by atoms with Gasteiger partial charge in [-0.05, 0) is 13.8 Å². The molecule has 0 aliphatic carbocycles. The molecule has 0 aliphatic heterocycles. The molecule has 2 aromatic heterocycles. The van der Waals surface area contributed by atoms with Crippen molar-refractivity contribution in [2.24, 2.45) is 0 Å². The number of aryl methyl sites for hydroxylation is 2. The van der Waals surface area contributed by atoms with Crippen molar-refractivity contribution >= 4 is 11.3 Å². The summed E-state index contributed by atoms with van der Waals surface area (Å²) in [7, 11) is 0. The molecular weight excluding hydrogens is 222 g/mol. The number of thiazole rings is 1. The lowest BCUT2D eigenvalue weighted by atomic mass is 10.1. The summed E-state index contributed by atoms with van der Waals surface area (Å²) in [5.41, 5.74) is 1.87. The summed E-state index contributed by atoms with van der Waals surface area (Å²) in [6, 6.07) is 0. The number of hydrogen-bond donors (Lipinski definition) is 1. The molecule has 2 aromatic rings. The summed E-state index contributed by atoms with van der Waals surface area (Å²) in [6.45, 7) is 4.80. The van der Waals surface area contributed by atoms with Crippen molar-refractivity contribution in [2.45, 2.75) is 32.9 Å². The Bertz CT molecular complexity index is 463. The lowest BCUT2D eigenvalue weighted by Gasteiger charge is -2.05. The summed E-state index contributed by atoms with van der Waals surface area (Å²) < 4.78 is 1.81. The Hall–Kier alpha value is -1.20. The fourth-order valence-electron chi connectivity index (χ4n) is 1.50. The molecule has 1 unspecified atom stereocenters. The highest BCUT2D eigenvalue weighted by molar-refractivity contribution is 7.09. The van der Waals surface area contributed by atoms with Crippen molar-refractivity contribution in [3.8, 4) is 0 Å². The molecule has 0 aromatic carbocycles. The Kier molecular flexibility index (Phi) is 3.36. The van der Waals surface area contributed by atoms with Crippen molar-refractivity contribution < 1.29 is 5.11 Å². The first kappa shape index (κ1) is 11.3. The first-order valence-electron chi connectivity index (χ1n) is 5.30. The minimum atomic E-state index is -0.508. The molecule has 2 rings (SSSR count). The van der Waals surface area contributed by atoms with E-state index in [2.05, 4.69) is 10.1 Å². The molecule has 1 atom stereocenters. The topological polar surface area (TPSA) is 50.9 Å². The van der Waals surface area contributed by atoms with Gasteiger partial charge in [-0.1, -0.05) is 0 Å². The normalized spacial score (nSPS) is 12.9. The van der Waals surface area contributed by atoms with E-state index in [9.17, 15) is 5.11 Å². The standard InChI is InChI=1S/C11H15N3OS/c1-3-14-6-9(5-12-14)10(15)4-11-13-8(2)7-16-11/h5-7,10,15H,3-4H2,1-2H3. The Balaban J connectivity index is 2.05. The molecule has 0 fully saturated rings. The van der Waals surface area contributed by atoms with Crippen LogP contribution < -0.4 is 0 Å². The molecule has 86 valence electrons. The average molecular weight is 237 g/mol. The van der Waals surface area contributed by atoms with E-state index in [1.54, 1.807) is 17.5 Å². The predicted molar refractivity (Wildman–Crippen MR) is 63.4 cm³/mol. The van der Waals surface area contributed by atoms with E-state index in [0.717, 1.165) is 22.8 Å². The van der Waals surface area contributed by atoms with Crippen molar-refractivity contribution in [3.63, 3.8) is 0 Å². The molecule has 2 heterocycles. The summed E-state index contributed by atoms with van der Waals surface area (Å²) in [4.78, 5) is 4.33. The highest BCUT2D eigenvalue weighted by Gasteiger charge is 2.12. The van der Waals surface area contributed by atoms with E-state index >= 15 is 0 Å². The third-order valence-electron chi connectivity index (χ3n) is 2.40. The number of hydrogen-bond acceptors (Lipinski definition) is 4. The molecule has 0 aliphatic rings. The van der Waals surface area contributed by atoms with Gasteiger partial charge in [0, 0.05) is 35.8 Å². The highest BCUT2D eigenvalue weighted by Crippen LogP contribution is 2.20. The Labute approximate surface area is 98.6 Å². The molecule has 16 heavy (non-hydrogen) atoms. The van der Waals surface area contributed by atoms with Gasteiger partial charge >= 0.3 is 0 Å². The molecule has 4 nitrogen and oxygen atoms in total. The van der Waals surface area contributed by atoms with Gasteiger partial charge in [0.25, 0.3) is 0 Å². The van der Waals surface area contributed by atoms with Crippen LogP contribution in [0.15, 0.2) is 17.8 Å². The van der Waals surface area contributed by atoms with Gasteiger partial charge in [0.15, 0.2) is 0 Å². The third-order valence-corrected chi connectivity index (χ3v) is 3.39. The van der Waals surface area contributed by atoms with Crippen LogP contribution in [-0.4, -0.2) is 19.9 Å². The second-order valence-electron chi connectivity index (χ2n) is 3.73. The fraction of sp³-hybridized carbons (Fsp3) is 0.455. The fourth-order valence-corrected chi connectivity index (χ4v) is 2.31. The molecule has 5 heteroatoms. The van der Waals surface area contributed by atoms with E-state index in [1.165, 1.54) is 0 Å². The number of aliphatic hydroxyl groups is 1. The molecule has 0 saturated carbocycles. The molecular formula is C11H15N3OS. The van der Waals surface area contributed by atoms with E-state index < -0.39 is 6.10 Å². The summed E-state index contributed by atoms with van der Waals surface area (Å²) in [5, 5.41) is 17.1. The van der Waals surface area contributed by atoms with E-state index in [1.807, 2.05) is 30.1 Å². The quantitative estimate of drug-likeness (QED) is 0.884. The molecule has 0 bridgehead atoms. The predicted octanol–water partition coefficient (Wildman–Crippen LogP) is 1.94. The van der Waals surface area contributed by atoms with Gasteiger partial charge in [-0.15, -0.1) is 11.3 Å². The zero-order valence-corrected chi connectivity index (χ0v) is 10.2. The van der Waals surface area contributed by atoms with Crippen LogP contribution in [-0.2, 0) is 13.0 Å². The smallest absolute Gasteiger partial charge is 0.0957 e. The zero-order valence-electron chi connectivity index (χ0n) is 9.42. The van der Waals surface area contributed by atoms with Crippen molar-refractivity contribution in [1.29, 1.82) is 0 Å². The highest BCUT2D eigenvalue weighted by atomic mass is 32.1. The first-order chi connectivity index (χ1) is 7.69. The maximum Gasteiger partial charge on any atom is 0.0957 e. The van der Waals surface area contributed by atoms with E-state index in [4.69, 9.17) is 0 Å². The molecule has 0 saturated heterocycles. The van der Waals surface area contributed by atoms with Crippen molar-refractivity contribution in [1.82, 2.24) is 14.8 Å². The zero-order chi connectivity index (χ0) is 11.5. The Morgan fingerprint density at radius 3 is 2.94 bits per heavy atom. The van der Waals surface area contributed by atoms with Crippen molar-refractivity contribution in [3.05, 3.63) is 34.0 Å². The molecule has 0 amide bonds. The monoisotopic (exact) mass is 237 g/mol. The van der Waals surface area contributed by atoms with Crippen molar-refractivity contribution in [2.75, 3.05) is 0 Å². The molecule has 0 radical (unpaired) electrons. The van der Waals surface area contributed by atoms with E-state index in [-0.39, 0.29) is 0 Å². The minimum absolute atomic E-state index is 0.508. The summed E-state index contributed by atoms with van der Waals surface area (Å²) in [5.74, 6) is 0. The van der Waals surface area contributed by atoms with Gasteiger partial charge in [-0.2, -0.15) is 5.10 Å². The van der Waals surface area contributed by atoms with Crippen LogP contribution in [0.2, 0.25) is 0 Å². The van der Waals surface area contributed by atoms with Gasteiger partial charge in [0.1, 0.15) is 0 Å². The van der Waals surface area contributed by atoms with Crippen LogP contribution in [0.5, 0.6) is 0 Å². The Morgan fingerprint density at radius 1 is 1.56 bits per heavy atom. The van der Waals surface area contributed by atoms with Gasteiger partial charge in [0.2, 0.25) is 0 Å². The van der Waals surface area contributed by atoms with Gasteiger partial charge in [-0.25, -0.2) is 4.98 Å². The van der Waals surface area contributed by atoms with E-state index in [0.29, 0.717) is 6.42 Å². The lowest BCUT2D eigenvalue weighted by molar-refractivity contribution is 0.178. The second kappa shape index (κ2) is 4.76. The Morgan fingerprint density at radius 2 is 2.38 bits per heavy atom. The van der Waals surface area contributed by atoms with Crippen LogP contribution in [0, 0.1) is 6.92 Å². The SMILES string of the molecule is CCn1cc(C(O)Cc2nc(C)cs2)cn1. The van der Waals surface area contributed by atoms with Crippen LogP contribution in [0.4, 0.5) is 0 Å². The first-order valence-corrected chi connectivity index (χ1v) is 6.18. The average Bonchev–Trinajstić information content (AvgIpc) is 2.87. The molecule has 0 spiro atoms. The van der Waals surface area contributed by atoms with Crippen LogP contribution >= 0.6 is 11.3 Å². The number of nitrogens with zero attached hydrogens (tertiary/aromatic N) is 3. The van der Waals surface area contributed by atoms with Crippen LogP contribution in [0.25, 0.3) is 0 Å².